The van der Waals surface area contributed by atoms with E-state index in [1.54, 1.807) is 24.0 Å². The lowest BCUT2D eigenvalue weighted by Gasteiger charge is -2.22. The highest BCUT2D eigenvalue weighted by Crippen LogP contribution is 2.15. The summed E-state index contributed by atoms with van der Waals surface area (Å²) < 4.78 is 12.2. The second-order valence-corrected chi connectivity index (χ2v) is 5.29. The first-order chi connectivity index (χ1) is 10.7. The molecule has 0 radical (unpaired) electrons. The van der Waals surface area contributed by atoms with Crippen LogP contribution in [0.25, 0.3) is 0 Å². The number of esters is 1. The minimum Gasteiger partial charge on any atom is -0.466 e. The monoisotopic (exact) mass is 309 g/mol. The van der Waals surface area contributed by atoms with Crippen LogP contribution < -0.4 is 5.32 Å². The van der Waals surface area contributed by atoms with Crippen molar-refractivity contribution in [3.05, 3.63) is 12.4 Å². The number of amides is 1. The zero-order chi connectivity index (χ0) is 15.8. The number of ether oxygens (including phenoxy) is 2. The van der Waals surface area contributed by atoms with Gasteiger partial charge in [0.25, 0.3) is 0 Å². The third-order valence-electron chi connectivity index (χ3n) is 3.44. The van der Waals surface area contributed by atoms with E-state index in [1.165, 1.54) is 6.42 Å². The molecule has 1 aromatic heterocycles. The molecule has 1 aliphatic heterocycles. The first-order valence-electron chi connectivity index (χ1n) is 7.77. The van der Waals surface area contributed by atoms with Crippen LogP contribution in [0.2, 0.25) is 0 Å². The Kier molecular flexibility index (Phi) is 6.39. The van der Waals surface area contributed by atoms with E-state index in [0.717, 1.165) is 19.4 Å². The van der Waals surface area contributed by atoms with Crippen LogP contribution in [0.1, 0.15) is 39.0 Å². The normalized spacial score (nSPS) is 18.0. The van der Waals surface area contributed by atoms with Crippen molar-refractivity contribution >= 4 is 17.6 Å². The van der Waals surface area contributed by atoms with Gasteiger partial charge in [0, 0.05) is 19.2 Å². The summed E-state index contributed by atoms with van der Waals surface area (Å²) >= 11 is 0. The van der Waals surface area contributed by atoms with Crippen LogP contribution in [0, 0.1) is 0 Å². The summed E-state index contributed by atoms with van der Waals surface area (Å²) in [6, 6.07) is 0. The zero-order valence-electron chi connectivity index (χ0n) is 12.9. The average Bonchev–Trinajstić information content (AvgIpc) is 2.93. The molecule has 1 aromatic rings. The molecule has 2 rings (SSSR count). The number of nitrogens with zero attached hydrogens (tertiary/aromatic N) is 2. The molecular weight excluding hydrogens is 286 g/mol. The average molecular weight is 309 g/mol. The van der Waals surface area contributed by atoms with Crippen LogP contribution in [0.15, 0.2) is 12.4 Å². The molecule has 122 valence electrons. The van der Waals surface area contributed by atoms with Crippen molar-refractivity contribution in [3.63, 3.8) is 0 Å². The van der Waals surface area contributed by atoms with Gasteiger partial charge in [-0.3, -0.25) is 14.3 Å². The highest BCUT2D eigenvalue weighted by Gasteiger charge is 2.15. The standard InChI is InChI=1S/C15H23N3O4/c1-2-21-15(20)7-6-14(19)17-12-9-16-18(10-12)11-13-5-3-4-8-22-13/h9-10,13H,2-8,11H2,1H3,(H,17,19)/t13-/m1/s1. The lowest BCUT2D eigenvalue weighted by Crippen LogP contribution is -2.24. The van der Waals surface area contributed by atoms with E-state index < -0.39 is 0 Å². The molecule has 1 N–H and O–H groups in total. The summed E-state index contributed by atoms with van der Waals surface area (Å²) in [4.78, 5) is 22.9. The summed E-state index contributed by atoms with van der Waals surface area (Å²) in [5.41, 5.74) is 0.629. The number of aromatic nitrogens is 2. The molecular formula is C15H23N3O4. The highest BCUT2D eigenvalue weighted by molar-refractivity contribution is 5.92. The predicted molar refractivity (Wildman–Crippen MR) is 80.3 cm³/mol. The van der Waals surface area contributed by atoms with Crippen LogP contribution in [-0.4, -0.2) is 41.0 Å². The fraction of sp³-hybridized carbons (Fsp3) is 0.667. The summed E-state index contributed by atoms with van der Waals surface area (Å²) in [5.74, 6) is -0.579. The van der Waals surface area contributed by atoms with Crippen LogP contribution in [0.3, 0.4) is 0 Å². The van der Waals surface area contributed by atoms with E-state index in [-0.39, 0.29) is 30.8 Å². The minimum absolute atomic E-state index is 0.0870. The molecule has 2 heterocycles. The molecule has 1 atom stereocenters. The summed E-state index contributed by atoms with van der Waals surface area (Å²) in [6.07, 6.45) is 7.12. The third-order valence-corrected chi connectivity index (χ3v) is 3.44. The van der Waals surface area contributed by atoms with Gasteiger partial charge in [0.05, 0.1) is 37.6 Å². The number of nitrogens with one attached hydrogen (secondary N) is 1. The largest absolute Gasteiger partial charge is 0.466 e. The Hall–Kier alpha value is -1.89. The topological polar surface area (TPSA) is 82.5 Å². The fourth-order valence-electron chi connectivity index (χ4n) is 2.36. The second kappa shape index (κ2) is 8.53. The highest BCUT2D eigenvalue weighted by atomic mass is 16.5. The summed E-state index contributed by atoms with van der Waals surface area (Å²) in [5, 5.41) is 6.94. The van der Waals surface area contributed by atoms with E-state index >= 15 is 0 Å². The maximum Gasteiger partial charge on any atom is 0.306 e. The van der Waals surface area contributed by atoms with Crippen LogP contribution in [0.5, 0.6) is 0 Å². The van der Waals surface area contributed by atoms with Crippen molar-refractivity contribution in [2.24, 2.45) is 0 Å². The summed E-state index contributed by atoms with van der Waals surface area (Å²) in [7, 11) is 0. The van der Waals surface area contributed by atoms with Crippen LogP contribution in [0.4, 0.5) is 5.69 Å². The van der Waals surface area contributed by atoms with Gasteiger partial charge in [-0.2, -0.15) is 5.10 Å². The molecule has 0 aromatic carbocycles. The van der Waals surface area contributed by atoms with Crippen molar-refractivity contribution in [2.75, 3.05) is 18.5 Å². The molecule has 0 unspecified atom stereocenters. The van der Waals surface area contributed by atoms with Crippen molar-refractivity contribution in [1.29, 1.82) is 0 Å². The van der Waals surface area contributed by atoms with E-state index in [2.05, 4.69) is 10.4 Å². The molecule has 0 aliphatic carbocycles. The Bertz CT molecular complexity index is 495. The van der Waals surface area contributed by atoms with Gasteiger partial charge in [-0.1, -0.05) is 0 Å². The van der Waals surface area contributed by atoms with Crippen molar-refractivity contribution in [3.8, 4) is 0 Å². The first-order valence-corrected chi connectivity index (χ1v) is 7.77. The molecule has 1 saturated heterocycles. The third kappa shape index (κ3) is 5.48. The number of carbonyl (C=O) groups is 2. The van der Waals surface area contributed by atoms with Crippen LogP contribution >= 0.6 is 0 Å². The Morgan fingerprint density at radius 1 is 1.45 bits per heavy atom. The first kappa shape index (κ1) is 16.5. The number of carbonyl (C=O) groups excluding carboxylic acids is 2. The molecule has 1 aliphatic rings. The van der Waals surface area contributed by atoms with Crippen molar-refractivity contribution in [2.45, 2.75) is 51.7 Å². The SMILES string of the molecule is CCOC(=O)CCC(=O)Nc1cnn(C[C@H]2CCCCO2)c1. The van der Waals surface area contributed by atoms with Gasteiger partial charge in [0.2, 0.25) is 5.91 Å². The molecule has 0 spiro atoms. The second-order valence-electron chi connectivity index (χ2n) is 5.29. The Morgan fingerprint density at radius 3 is 3.05 bits per heavy atom. The smallest absolute Gasteiger partial charge is 0.306 e. The van der Waals surface area contributed by atoms with Gasteiger partial charge in [0.15, 0.2) is 0 Å². The molecule has 7 nitrogen and oxygen atoms in total. The molecule has 1 fully saturated rings. The minimum atomic E-state index is -0.359. The molecule has 22 heavy (non-hydrogen) atoms. The van der Waals surface area contributed by atoms with Crippen molar-refractivity contribution < 1.29 is 19.1 Å². The molecule has 1 amide bonds. The molecule has 0 bridgehead atoms. The number of rotatable bonds is 7. The zero-order valence-corrected chi connectivity index (χ0v) is 12.9. The van der Waals surface area contributed by atoms with Gasteiger partial charge in [-0.25, -0.2) is 0 Å². The van der Waals surface area contributed by atoms with Crippen molar-refractivity contribution in [1.82, 2.24) is 9.78 Å². The lowest BCUT2D eigenvalue weighted by molar-refractivity contribution is -0.144. The fourth-order valence-corrected chi connectivity index (χ4v) is 2.36. The number of hydrogen-bond acceptors (Lipinski definition) is 5. The van der Waals surface area contributed by atoms with Gasteiger partial charge >= 0.3 is 5.97 Å². The maximum atomic E-state index is 11.7. The van der Waals surface area contributed by atoms with E-state index in [9.17, 15) is 9.59 Å². The van der Waals surface area contributed by atoms with Gasteiger partial charge < -0.3 is 14.8 Å². The van der Waals surface area contributed by atoms with E-state index in [4.69, 9.17) is 9.47 Å². The number of anilines is 1. The van der Waals surface area contributed by atoms with E-state index in [0.29, 0.717) is 18.8 Å². The summed E-state index contributed by atoms with van der Waals surface area (Å²) in [6.45, 7) is 3.57. The lowest BCUT2D eigenvalue weighted by atomic mass is 10.1. The van der Waals surface area contributed by atoms with Gasteiger partial charge in [-0.05, 0) is 26.2 Å². The predicted octanol–water partition coefficient (Wildman–Crippen LogP) is 1.73. The Balaban J connectivity index is 1.73. The van der Waals surface area contributed by atoms with Gasteiger partial charge in [0.1, 0.15) is 0 Å². The number of hydrogen-bond donors (Lipinski definition) is 1. The quantitative estimate of drug-likeness (QED) is 0.776. The van der Waals surface area contributed by atoms with Gasteiger partial charge in [-0.15, -0.1) is 0 Å². The maximum absolute atomic E-state index is 11.7. The molecule has 0 saturated carbocycles. The van der Waals surface area contributed by atoms with Crippen LogP contribution in [-0.2, 0) is 25.6 Å². The van der Waals surface area contributed by atoms with E-state index in [1.807, 2.05) is 0 Å². The Morgan fingerprint density at radius 2 is 2.32 bits per heavy atom. The Labute approximate surface area is 130 Å². The molecule has 7 heteroatoms.